The average molecular weight is 335 g/mol. The van der Waals surface area contributed by atoms with E-state index in [4.69, 9.17) is 14.2 Å². The van der Waals surface area contributed by atoms with Crippen molar-refractivity contribution in [3.8, 4) is 11.5 Å². The van der Waals surface area contributed by atoms with E-state index in [1.807, 2.05) is 13.0 Å². The SMILES string of the molecule is COc1cc(C)c(C(=O)NC[C@@H]2CCCO[C@@H]2C(C)C)cc1OC. The van der Waals surface area contributed by atoms with E-state index in [0.717, 1.165) is 25.0 Å². The molecule has 0 radical (unpaired) electrons. The smallest absolute Gasteiger partial charge is 0.251 e. The number of hydrogen-bond acceptors (Lipinski definition) is 4. The molecule has 0 bridgehead atoms. The normalized spacial score (nSPS) is 20.8. The largest absolute Gasteiger partial charge is 0.493 e. The van der Waals surface area contributed by atoms with Gasteiger partial charge in [-0.1, -0.05) is 13.8 Å². The van der Waals surface area contributed by atoms with Crippen LogP contribution in [0.25, 0.3) is 0 Å². The summed E-state index contributed by atoms with van der Waals surface area (Å²) < 4.78 is 16.5. The second-order valence-electron chi connectivity index (χ2n) is 6.71. The van der Waals surface area contributed by atoms with Crippen molar-refractivity contribution in [1.82, 2.24) is 5.32 Å². The third-order valence-electron chi connectivity index (χ3n) is 4.65. The Hall–Kier alpha value is -1.75. The van der Waals surface area contributed by atoms with E-state index in [9.17, 15) is 4.79 Å². The molecule has 134 valence electrons. The highest BCUT2D eigenvalue weighted by Gasteiger charge is 2.29. The third-order valence-corrected chi connectivity index (χ3v) is 4.65. The lowest BCUT2D eigenvalue weighted by Gasteiger charge is -2.34. The molecule has 5 heteroatoms. The Morgan fingerprint density at radius 3 is 2.58 bits per heavy atom. The van der Waals surface area contributed by atoms with Crippen molar-refractivity contribution >= 4 is 5.91 Å². The van der Waals surface area contributed by atoms with Crippen LogP contribution in [0.1, 0.15) is 42.6 Å². The first-order valence-corrected chi connectivity index (χ1v) is 8.60. The number of amides is 1. The van der Waals surface area contributed by atoms with Crippen LogP contribution in [-0.4, -0.2) is 39.4 Å². The number of benzene rings is 1. The Morgan fingerprint density at radius 1 is 1.29 bits per heavy atom. The van der Waals surface area contributed by atoms with Crippen LogP contribution in [-0.2, 0) is 4.74 Å². The van der Waals surface area contributed by atoms with Crippen LogP contribution in [0.15, 0.2) is 12.1 Å². The van der Waals surface area contributed by atoms with E-state index in [0.29, 0.717) is 35.4 Å². The lowest BCUT2D eigenvalue weighted by molar-refractivity contribution is -0.0510. The fraction of sp³-hybridized carbons (Fsp3) is 0.632. The molecule has 2 atom stereocenters. The van der Waals surface area contributed by atoms with Gasteiger partial charge in [0.15, 0.2) is 11.5 Å². The van der Waals surface area contributed by atoms with E-state index in [-0.39, 0.29) is 12.0 Å². The van der Waals surface area contributed by atoms with Crippen LogP contribution in [0.2, 0.25) is 0 Å². The molecule has 1 aromatic rings. The molecule has 5 nitrogen and oxygen atoms in total. The van der Waals surface area contributed by atoms with Gasteiger partial charge in [0.25, 0.3) is 5.91 Å². The van der Waals surface area contributed by atoms with Crippen molar-refractivity contribution in [2.24, 2.45) is 11.8 Å². The highest BCUT2D eigenvalue weighted by atomic mass is 16.5. The molecular weight excluding hydrogens is 306 g/mol. The Labute approximate surface area is 144 Å². The molecule has 24 heavy (non-hydrogen) atoms. The van der Waals surface area contributed by atoms with Gasteiger partial charge in [0, 0.05) is 24.6 Å². The van der Waals surface area contributed by atoms with Crippen LogP contribution >= 0.6 is 0 Å². The molecule has 1 N–H and O–H groups in total. The van der Waals surface area contributed by atoms with Crippen molar-refractivity contribution in [3.63, 3.8) is 0 Å². The zero-order valence-corrected chi connectivity index (χ0v) is 15.3. The number of carbonyl (C=O) groups is 1. The van der Waals surface area contributed by atoms with Crippen molar-refractivity contribution < 1.29 is 19.0 Å². The molecule has 0 spiro atoms. The molecule has 1 aliphatic heterocycles. The summed E-state index contributed by atoms with van der Waals surface area (Å²) in [5.41, 5.74) is 1.48. The Kier molecular flexibility index (Phi) is 6.49. The molecule has 0 unspecified atom stereocenters. The van der Waals surface area contributed by atoms with E-state index in [1.54, 1.807) is 20.3 Å². The van der Waals surface area contributed by atoms with Crippen molar-refractivity contribution in [2.75, 3.05) is 27.4 Å². The Morgan fingerprint density at radius 2 is 1.96 bits per heavy atom. The Balaban J connectivity index is 2.07. The first-order valence-electron chi connectivity index (χ1n) is 8.60. The molecule has 1 saturated heterocycles. The van der Waals surface area contributed by atoms with E-state index in [1.165, 1.54) is 0 Å². The summed E-state index contributed by atoms with van der Waals surface area (Å²) in [7, 11) is 3.16. The van der Waals surface area contributed by atoms with Crippen LogP contribution in [0.4, 0.5) is 0 Å². The minimum atomic E-state index is -0.0819. The van der Waals surface area contributed by atoms with Gasteiger partial charge < -0.3 is 19.5 Å². The van der Waals surface area contributed by atoms with Gasteiger partial charge >= 0.3 is 0 Å². The fourth-order valence-corrected chi connectivity index (χ4v) is 3.36. The molecule has 1 amide bonds. The van der Waals surface area contributed by atoms with Gasteiger partial charge in [0.2, 0.25) is 0 Å². The Bertz CT molecular complexity index is 571. The second-order valence-corrected chi connectivity index (χ2v) is 6.71. The third kappa shape index (κ3) is 4.20. The summed E-state index contributed by atoms with van der Waals surface area (Å²) in [5.74, 6) is 1.93. The topological polar surface area (TPSA) is 56.8 Å². The zero-order chi connectivity index (χ0) is 17.7. The zero-order valence-electron chi connectivity index (χ0n) is 15.3. The molecule has 2 rings (SSSR count). The lowest BCUT2D eigenvalue weighted by atomic mass is 9.87. The summed E-state index contributed by atoms with van der Waals surface area (Å²) in [4.78, 5) is 12.6. The molecule has 1 aromatic carbocycles. The average Bonchev–Trinajstić information content (AvgIpc) is 2.59. The minimum Gasteiger partial charge on any atom is -0.493 e. The summed E-state index contributed by atoms with van der Waals surface area (Å²) in [6, 6.07) is 3.56. The first kappa shape index (κ1) is 18.6. The number of ether oxygens (including phenoxy) is 3. The van der Waals surface area contributed by atoms with Crippen LogP contribution in [0.3, 0.4) is 0 Å². The molecule has 1 heterocycles. The maximum absolute atomic E-state index is 12.6. The maximum Gasteiger partial charge on any atom is 0.251 e. The van der Waals surface area contributed by atoms with Crippen molar-refractivity contribution in [1.29, 1.82) is 0 Å². The number of rotatable bonds is 6. The molecule has 0 aromatic heterocycles. The summed E-state index contributed by atoms with van der Waals surface area (Å²) in [6.07, 6.45) is 2.36. The van der Waals surface area contributed by atoms with Gasteiger partial charge in [-0.05, 0) is 43.4 Å². The van der Waals surface area contributed by atoms with E-state index >= 15 is 0 Å². The number of hydrogen-bond donors (Lipinski definition) is 1. The predicted octanol–water partition coefficient (Wildman–Crippen LogP) is 3.19. The van der Waals surface area contributed by atoms with Gasteiger partial charge in [-0.15, -0.1) is 0 Å². The molecular formula is C19H29NO4. The van der Waals surface area contributed by atoms with Crippen molar-refractivity contribution in [2.45, 2.75) is 39.7 Å². The highest BCUT2D eigenvalue weighted by Crippen LogP contribution is 2.30. The molecule has 0 saturated carbocycles. The van der Waals surface area contributed by atoms with E-state index < -0.39 is 0 Å². The van der Waals surface area contributed by atoms with Gasteiger partial charge in [-0.25, -0.2) is 0 Å². The number of methoxy groups -OCH3 is 2. The van der Waals surface area contributed by atoms with Crippen LogP contribution < -0.4 is 14.8 Å². The summed E-state index contributed by atoms with van der Waals surface area (Å²) in [6.45, 7) is 7.70. The number of carbonyl (C=O) groups excluding carboxylic acids is 1. The van der Waals surface area contributed by atoms with E-state index in [2.05, 4.69) is 19.2 Å². The van der Waals surface area contributed by atoms with Gasteiger partial charge in [-0.3, -0.25) is 4.79 Å². The fourth-order valence-electron chi connectivity index (χ4n) is 3.36. The minimum absolute atomic E-state index is 0.0819. The first-order chi connectivity index (χ1) is 11.5. The van der Waals surface area contributed by atoms with Crippen LogP contribution in [0, 0.1) is 18.8 Å². The molecule has 1 aliphatic rings. The number of aryl methyl sites for hydroxylation is 1. The number of nitrogens with one attached hydrogen (secondary N) is 1. The second kappa shape index (κ2) is 8.38. The highest BCUT2D eigenvalue weighted by molar-refractivity contribution is 5.96. The van der Waals surface area contributed by atoms with Gasteiger partial charge in [-0.2, -0.15) is 0 Å². The summed E-state index contributed by atoms with van der Waals surface area (Å²) in [5, 5.41) is 3.07. The van der Waals surface area contributed by atoms with Crippen molar-refractivity contribution in [3.05, 3.63) is 23.3 Å². The molecule has 1 fully saturated rings. The standard InChI is InChI=1S/C19H29NO4/c1-12(2)18-14(7-6-8-24-18)11-20-19(21)15-10-17(23-5)16(22-4)9-13(15)3/h9-10,12,14,18H,6-8,11H2,1-5H3,(H,20,21)/t14-,18+/m0/s1. The van der Waals surface area contributed by atoms with Crippen LogP contribution in [0.5, 0.6) is 11.5 Å². The summed E-state index contributed by atoms with van der Waals surface area (Å²) >= 11 is 0. The predicted molar refractivity (Wildman–Crippen MR) is 93.9 cm³/mol. The quantitative estimate of drug-likeness (QED) is 0.867. The van der Waals surface area contributed by atoms with Gasteiger partial charge in [0.05, 0.1) is 20.3 Å². The maximum atomic E-state index is 12.6. The monoisotopic (exact) mass is 335 g/mol. The molecule has 0 aliphatic carbocycles. The lowest BCUT2D eigenvalue weighted by Crippen LogP contribution is -2.41. The van der Waals surface area contributed by atoms with Gasteiger partial charge in [0.1, 0.15) is 0 Å².